The van der Waals surface area contributed by atoms with Crippen LogP contribution in [0.3, 0.4) is 0 Å². The van der Waals surface area contributed by atoms with Gasteiger partial charge < -0.3 is 4.74 Å². The van der Waals surface area contributed by atoms with Crippen LogP contribution in [-0.2, 0) is 16.0 Å². The van der Waals surface area contributed by atoms with E-state index in [-0.39, 0.29) is 18.0 Å². The second-order valence-corrected chi connectivity index (χ2v) is 4.13. The lowest BCUT2D eigenvalue weighted by atomic mass is 9.88. The lowest BCUT2D eigenvalue weighted by molar-refractivity contribution is -0.141. The lowest BCUT2D eigenvalue weighted by Gasteiger charge is -2.28. The van der Waals surface area contributed by atoms with Gasteiger partial charge in [-0.25, -0.2) is 4.39 Å². The zero-order valence-electron chi connectivity index (χ0n) is 10.6. The van der Waals surface area contributed by atoms with Crippen molar-refractivity contribution in [1.82, 2.24) is 0 Å². The minimum absolute atomic E-state index is 0.0524. The maximum atomic E-state index is 12.7. The molecule has 0 aliphatic carbocycles. The van der Waals surface area contributed by atoms with Gasteiger partial charge >= 0.3 is 0 Å². The molecular formula is C14H19FO2. The highest BCUT2D eigenvalue weighted by atomic mass is 19.1. The van der Waals surface area contributed by atoms with Crippen molar-refractivity contribution in [2.24, 2.45) is 0 Å². The largest absolute Gasteiger partial charge is 0.370 e. The molecule has 0 bridgehead atoms. The predicted molar refractivity (Wildman–Crippen MR) is 65.4 cm³/mol. The summed E-state index contributed by atoms with van der Waals surface area (Å²) in [4.78, 5) is 12.2. The quantitative estimate of drug-likeness (QED) is 0.761. The number of methoxy groups -OCH3 is 1. The van der Waals surface area contributed by atoms with Crippen molar-refractivity contribution in [3.63, 3.8) is 0 Å². The van der Waals surface area contributed by atoms with Gasteiger partial charge in [-0.15, -0.1) is 0 Å². The molecule has 0 saturated carbocycles. The van der Waals surface area contributed by atoms with Crippen molar-refractivity contribution < 1.29 is 13.9 Å². The first kappa shape index (κ1) is 13.8. The fourth-order valence-electron chi connectivity index (χ4n) is 2.00. The highest BCUT2D eigenvalue weighted by molar-refractivity contribution is 5.89. The molecule has 0 N–H and O–H groups in total. The SMILES string of the molecule is CCC(CC)(OC)C(=O)Cc1ccc(F)cc1. The molecule has 0 radical (unpaired) electrons. The van der Waals surface area contributed by atoms with Crippen LogP contribution in [0.4, 0.5) is 4.39 Å². The molecule has 0 unspecified atom stereocenters. The molecule has 1 rings (SSSR count). The Kier molecular flexibility index (Phi) is 4.82. The Labute approximate surface area is 102 Å². The van der Waals surface area contributed by atoms with Crippen LogP contribution in [0.15, 0.2) is 24.3 Å². The summed E-state index contributed by atoms with van der Waals surface area (Å²) >= 11 is 0. The first-order valence-corrected chi connectivity index (χ1v) is 5.91. The number of halogens is 1. The highest BCUT2D eigenvalue weighted by Gasteiger charge is 2.33. The molecule has 0 saturated heterocycles. The van der Waals surface area contributed by atoms with Crippen LogP contribution in [0.5, 0.6) is 0 Å². The molecule has 0 fully saturated rings. The number of ketones is 1. The zero-order valence-corrected chi connectivity index (χ0v) is 10.6. The van der Waals surface area contributed by atoms with E-state index >= 15 is 0 Å². The Morgan fingerprint density at radius 1 is 1.24 bits per heavy atom. The smallest absolute Gasteiger partial charge is 0.168 e. The van der Waals surface area contributed by atoms with Crippen molar-refractivity contribution in [3.8, 4) is 0 Å². The summed E-state index contributed by atoms with van der Waals surface area (Å²) in [5, 5.41) is 0. The summed E-state index contributed by atoms with van der Waals surface area (Å²) in [6, 6.07) is 6.02. The molecule has 94 valence electrons. The van der Waals surface area contributed by atoms with Gasteiger partial charge in [-0.2, -0.15) is 0 Å². The van der Waals surface area contributed by atoms with Crippen LogP contribution in [0, 0.1) is 5.82 Å². The van der Waals surface area contributed by atoms with Crippen molar-refractivity contribution in [3.05, 3.63) is 35.6 Å². The number of Topliss-reactive ketones (excluding diaryl/α,β-unsaturated/α-hetero) is 1. The van der Waals surface area contributed by atoms with Crippen molar-refractivity contribution >= 4 is 5.78 Å². The van der Waals surface area contributed by atoms with Gasteiger partial charge in [0.05, 0.1) is 0 Å². The van der Waals surface area contributed by atoms with E-state index in [1.807, 2.05) is 13.8 Å². The van der Waals surface area contributed by atoms with Crippen LogP contribution in [-0.4, -0.2) is 18.5 Å². The summed E-state index contributed by atoms with van der Waals surface area (Å²) in [5.74, 6) is -0.234. The fraction of sp³-hybridized carbons (Fsp3) is 0.500. The molecule has 1 aromatic carbocycles. The molecule has 0 aliphatic heterocycles. The Morgan fingerprint density at radius 2 is 1.76 bits per heavy atom. The molecule has 0 atom stereocenters. The zero-order chi connectivity index (χ0) is 12.9. The average molecular weight is 238 g/mol. The number of benzene rings is 1. The summed E-state index contributed by atoms with van der Waals surface area (Å²) in [5.41, 5.74) is 0.119. The van der Waals surface area contributed by atoms with Crippen LogP contribution in [0.2, 0.25) is 0 Å². The topological polar surface area (TPSA) is 26.3 Å². The maximum absolute atomic E-state index is 12.7. The summed E-state index contributed by atoms with van der Waals surface area (Å²) in [6.45, 7) is 3.88. The molecule has 17 heavy (non-hydrogen) atoms. The fourth-order valence-corrected chi connectivity index (χ4v) is 2.00. The van der Waals surface area contributed by atoms with E-state index in [0.29, 0.717) is 12.8 Å². The standard InChI is InChI=1S/C14H19FO2/c1-4-14(5-2,17-3)13(16)10-11-6-8-12(15)9-7-11/h6-9H,4-5,10H2,1-3H3. The number of carbonyl (C=O) groups excluding carboxylic acids is 1. The van der Waals surface area contributed by atoms with E-state index in [4.69, 9.17) is 4.74 Å². The molecule has 2 nitrogen and oxygen atoms in total. The molecule has 0 aromatic heterocycles. The molecule has 0 amide bonds. The minimum Gasteiger partial charge on any atom is -0.370 e. The monoisotopic (exact) mass is 238 g/mol. The van der Waals surface area contributed by atoms with Gasteiger partial charge in [0.1, 0.15) is 11.4 Å². The van der Waals surface area contributed by atoms with E-state index in [9.17, 15) is 9.18 Å². The van der Waals surface area contributed by atoms with Crippen LogP contribution >= 0.6 is 0 Å². The van der Waals surface area contributed by atoms with E-state index in [1.165, 1.54) is 12.1 Å². The molecular weight excluding hydrogens is 219 g/mol. The minimum atomic E-state index is -0.700. The third-order valence-corrected chi connectivity index (χ3v) is 3.32. The van der Waals surface area contributed by atoms with Crippen LogP contribution < -0.4 is 0 Å². The van der Waals surface area contributed by atoms with Crippen molar-refractivity contribution in [2.75, 3.05) is 7.11 Å². The maximum Gasteiger partial charge on any atom is 0.168 e. The van der Waals surface area contributed by atoms with Gasteiger partial charge in [0, 0.05) is 13.5 Å². The van der Waals surface area contributed by atoms with E-state index in [2.05, 4.69) is 0 Å². The summed E-state index contributed by atoms with van der Waals surface area (Å²) < 4.78 is 18.1. The van der Waals surface area contributed by atoms with Crippen LogP contribution in [0.25, 0.3) is 0 Å². The van der Waals surface area contributed by atoms with Gasteiger partial charge in [-0.1, -0.05) is 26.0 Å². The molecule has 1 aromatic rings. The number of carbonyl (C=O) groups is 1. The second kappa shape index (κ2) is 5.92. The van der Waals surface area contributed by atoms with Gasteiger partial charge in [0.2, 0.25) is 0 Å². The lowest BCUT2D eigenvalue weighted by Crippen LogP contribution is -2.40. The predicted octanol–water partition coefficient (Wildman–Crippen LogP) is 3.14. The third kappa shape index (κ3) is 3.13. The highest BCUT2D eigenvalue weighted by Crippen LogP contribution is 2.22. The van der Waals surface area contributed by atoms with Crippen molar-refractivity contribution in [2.45, 2.75) is 38.7 Å². The number of hydrogen-bond donors (Lipinski definition) is 0. The van der Waals surface area contributed by atoms with Gasteiger partial charge in [0.15, 0.2) is 5.78 Å². The Bertz CT molecular complexity index is 358. The average Bonchev–Trinajstić information content (AvgIpc) is 2.35. The number of ether oxygens (including phenoxy) is 1. The number of hydrogen-bond acceptors (Lipinski definition) is 2. The van der Waals surface area contributed by atoms with E-state index in [0.717, 1.165) is 5.56 Å². The van der Waals surface area contributed by atoms with Crippen molar-refractivity contribution in [1.29, 1.82) is 0 Å². The van der Waals surface area contributed by atoms with E-state index < -0.39 is 5.60 Å². The summed E-state index contributed by atoms with van der Waals surface area (Å²) in [7, 11) is 1.57. The van der Waals surface area contributed by atoms with Gasteiger partial charge in [0.25, 0.3) is 0 Å². The van der Waals surface area contributed by atoms with E-state index in [1.54, 1.807) is 19.2 Å². The molecule has 0 spiro atoms. The first-order chi connectivity index (χ1) is 8.07. The van der Waals surface area contributed by atoms with Gasteiger partial charge in [-0.05, 0) is 30.5 Å². The third-order valence-electron chi connectivity index (χ3n) is 3.32. The van der Waals surface area contributed by atoms with Crippen LogP contribution in [0.1, 0.15) is 32.3 Å². The Hall–Kier alpha value is -1.22. The normalized spacial score (nSPS) is 11.5. The summed E-state index contributed by atoms with van der Waals surface area (Å²) in [6.07, 6.45) is 1.59. The molecule has 0 heterocycles. The number of rotatable bonds is 6. The second-order valence-electron chi connectivity index (χ2n) is 4.13. The molecule has 3 heteroatoms. The Morgan fingerprint density at radius 3 is 2.18 bits per heavy atom. The first-order valence-electron chi connectivity index (χ1n) is 5.91. The molecule has 0 aliphatic rings. The van der Waals surface area contributed by atoms with Gasteiger partial charge in [-0.3, -0.25) is 4.79 Å². The Balaban J connectivity index is 2.80.